The summed E-state index contributed by atoms with van der Waals surface area (Å²) in [6.07, 6.45) is 2.48. The first kappa shape index (κ1) is 13.1. The molecule has 4 unspecified atom stereocenters. The Morgan fingerprint density at radius 1 is 1.26 bits per heavy atom. The fourth-order valence-corrected chi connectivity index (χ4v) is 4.17. The first-order valence-electron chi connectivity index (χ1n) is 7.80. The van der Waals surface area contributed by atoms with Crippen molar-refractivity contribution in [2.75, 3.05) is 19.6 Å². The van der Waals surface area contributed by atoms with Crippen molar-refractivity contribution in [3.8, 4) is 0 Å². The summed E-state index contributed by atoms with van der Waals surface area (Å²) in [5.74, 6) is 1.78. The predicted molar refractivity (Wildman–Crippen MR) is 80.2 cm³/mol. The van der Waals surface area contributed by atoms with Crippen LogP contribution in [-0.4, -0.2) is 36.6 Å². The summed E-state index contributed by atoms with van der Waals surface area (Å²) in [5, 5.41) is 3.57. The maximum absolute atomic E-state index is 3.57. The highest BCUT2D eigenvalue weighted by Gasteiger charge is 2.44. The molecule has 104 valence electrons. The molecule has 4 atom stereocenters. The van der Waals surface area contributed by atoms with E-state index in [2.05, 4.69) is 54.4 Å². The van der Waals surface area contributed by atoms with Gasteiger partial charge in [-0.3, -0.25) is 4.90 Å². The van der Waals surface area contributed by atoms with E-state index in [4.69, 9.17) is 0 Å². The second kappa shape index (κ2) is 5.64. The van der Waals surface area contributed by atoms with Gasteiger partial charge in [0.15, 0.2) is 0 Å². The molecule has 0 saturated carbocycles. The molecule has 2 nitrogen and oxygen atoms in total. The lowest BCUT2D eigenvalue weighted by atomic mass is 9.92. The quantitative estimate of drug-likeness (QED) is 0.893. The third-order valence-electron chi connectivity index (χ3n) is 5.12. The van der Waals surface area contributed by atoms with Gasteiger partial charge in [0.25, 0.3) is 0 Å². The van der Waals surface area contributed by atoms with E-state index in [9.17, 15) is 0 Å². The summed E-state index contributed by atoms with van der Waals surface area (Å²) < 4.78 is 0. The second-order valence-corrected chi connectivity index (χ2v) is 6.29. The van der Waals surface area contributed by atoms with Gasteiger partial charge in [0.1, 0.15) is 0 Å². The monoisotopic (exact) mass is 258 g/mol. The molecule has 1 aromatic rings. The molecule has 0 radical (unpaired) electrons. The summed E-state index contributed by atoms with van der Waals surface area (Å²) in [4.78, 5) is 2.78. The Morgan fingerprint density at radius 2 is 2.05 bits per heavy atom. The van der Waals surface area contributed by atoms with Crippen LogP contribution in [0.4, 0.5) is 0 Å². The summed E-state index contributed by atoms with van der Waals surface area (Å²) in [6, 6.07) is 12.4. The van der Waals surface area contributed by atoms with E-state index in [-0.39, 0.29) is 0 Å². The lowest BCUT2D eigenvalue weighted by Gasteiger charge is -2.32. The van der Waals surface area contributed by atoms with Crippen LogP contribution < -0.4 is 5.32 Å². The van der Waals surface area contributed by atoms with Crippen molar-refractivity contribution in [3.63, 3.8) is 0 Å². The Kier molecular flexibility index (Phi) is 3.90. The van der Waals surface area contributed by atoms with E-state index in [0.717, 1.165) is 17.9 Å². The number of fused-ring (bicyclic) bond motifs is 1. The summed E-state index contributed by atoms with van der Waals surface area (Å²) in [7, 11) is 0. The molecule has 2 fully saturated rings. The smallest absolute Gasteiger partial charge is 0.0140 e. The van der Waals surface area contributed by atoms with Gasteiger partial charge in [-0.2, -0.15) is 0 Å². The standard InChI is InChI=1S/C17H26N2/c1-3-17-16-11-18-10-15(16)12-19(17)13(2)9-14-7-5-4-6-8-14/h4-8,13,15-18H,3,9-12H2,1-2H3. The summed E-state index contributed by atoms with van der Waals surface area (Å²) >= 11 is 0. The number of likely N-dealkylation sites (tertiary alicyclic amines) is 1. The van der Waals surface area contributed by atoms with Crippen LogP contribution in [0.15, 0.2) is 30.3 Å². The van der Waals surface area contributed by atoms with Gasteiger partial charge in [-0.25, -0.2) is 0 Å². The molecule has 2 heterocycles. The highest BCUT2D eigenvalue weighted by molar-refractivity contribution is 5.16. The zero-order valence-corrected chi connectivity index (χ0v) is 12.2. The molecule has 0 aliphatic carbocycles. The molecule has 19 heavy (non-hydrogen) atoms. The predicted octanol–water partition coefficient (Wildman–Crippen LogP) is 2.55. The molecule has 0 aromatic heterocycles. The Bertz CT molecular complexity index is 403. The maximum Gasteiger partial charge on any atom is 0.0140 e. The second-order valence-electron chi connectivity index (χ2n) is 6.29. The lowest BCUT2D eigenvalue weighted by molar-refractivity contribution is 0.164. The molecular formula is C17H26N2. The fraction of sp³-hybridized carbons (Fsp3) is 0.647. The third-order valence-corrected chi connectivity index (χ3v) is 5.12. The number of hydrogen-bond donors (Lipinski definition) is 1. The molecular weight excluding hydrogens is 232 g/mol. The van der Waals surface area contributed by atoms with Gasteiger partial charge in [-0.05, 0) is 50.3 Å². The number of nitrogens with zero attached hydrogens (tertiary/aromatic N) is 1. The molecule has 2 heteroatoms. The van der Waals surface area contributed by atoms with Gasteiger partial charge in [-0.15, -0.1) is 0 Å². The molecule has 3 rings (SSSR count). The van der Waals surface area contributed by atoms with Gasteiger partial charge in [0, 0.05) is 18.6 Å². The lowest BCUT2D eigenvalue weighted by Crippen LogP contribution is -2.42. The van der Waals surface area contributed by atoms with Gasteiger partial charge >= 0.3 is 0 Å². The van der Waals surface area contributed by atoms with Gasteiger partial charge in [0.2, 0.25) is 0 Å². The average Bonchev–Trinajstić information content (AvgIpc) is 2.99. The van der Waals surface area contributed by atoms with Crippen LogP contribution >= 0.6 is 0 Å². The van der Waals surface area contributed by atoms with Crippen LogP contribution in [0.5, 0.6) is 0 Å². The molecule has 2 aliphatic heterocycles. The Balaban J connectivity index is 1.68. The molecule has 2 aliphatic rings. The van der Waals surface area contributed by atoms with Crippen LogP contribution in [0.1, 0.15) is 25.8 Å². The molecule has 1 N–H and O–H groups in total. The fourth-order valence-electron chi connectivity index (χ4n) is 4.17. The minimum Gasteiger partial charge on any atom is -0.316 e. The molecule has 1 aromatic carbocycles. The Morgan fingerprint density at radius 3 is 2.79 bits per heavy atom. The minimum atomic E-state index is 0.665. The minimum absolute atomic E-state index is 0.665. The van der Waals surface area contributed by atoms with E-state index in [0.29, 0.717) is 6.04 Å². The number of hydrogen-bond acceptors (Lipinski definition) is 2. The van der Waals surface area contributed by atoms with Gasteiger partial charge in [-0.1, -0.05) is 37.3 Å². The molecule has 2 saturated heterocycles. The topological polar surface area (TPSA) is 15.3 Å². The third kappa shape index (κ3) is 2.56. The van der Waals surface area contributed by atoms with Crippen LogP contribution in [0, 0.1) is 11.8 Å². The highest BCUT2D eigenvalue weighted by atomic mass is 15.2. The van der Waals surface area contributed by atoms with Crippen molar-refractivity contribution in [2.45, 2.75) is 38.8 Å². The van der Waals surface area contributed by atoms with Crippen molar-refractivity contribution in [1.82, 2.24) is 10.2 Å². The van der Waals surface area contributed by atoms with Crippen LogP contribution in [0.25, 0.3) is 0 Å². The van der Waals surface area contributed by atoms with Crippen molar-refractivity contribution < 1.29 is 0 Å². The van der Waals surface area contributed by atoms with E-state index < -0.39 is 0 Å². The first-order chi connectivity index (χ1) is 9.29. The first-order valence-corrected chi connectivity index (χ1v) is 7.80. The van der Waals surface area contributed by atoms with Crippen molar-refractivity contribution in [2.24, 2.45) is 11.8 Å². The molecule has 0 spiro atoms. The van der Waals surface area contributed by atoms with Crippen molar-refractivity contribution in [1.29, 1.82) is 0 Å². The zero-order valence-electron chi connectivity index (χ0n) is 12.2. The zero-order chi connectivity index (χ0) is 13.2. The summed E-state index contributed by atoms with van der Waals surface area (Å²) in [5.41, 5.74) is 1.47. The van der Waals surface area contributed by atoms with Crippen LogP contribution in [0.2, 0.25) is 0 Å². The van der Waals surface area contributed by atoms with E-state index in [1.165, 1.54) is 38.0 Å². The van der Waals surface area contributed by atoms with Crippen LogP contribution in [-0.2, 0) is 6.42 Å². The normalized spacial score (nSPS) is 32.4. The Hall–Kier alpha value is -0.860. The SMILES string of the molecule is CCC1C2CNCC2CN1C(C)Cc1ccccc1. The molecule has 0 amide bonds. The summed E-state index contributed by atoms with van der Waals surface area (Å²) in [6.45, 7) is 8.52. The van der Waals surface area contributed by atoms with Crippen molar-refractivity contribution >= 4 is 0 Å². The van der Waals surface area contributed by atoms with Gasteiger partial charge < -0.3 is 5.32 Å². The largest absolute Gasteiger partial charge is 0.316 e. The van der Waals surface area contributed by atoms with E-state index in [1.54, 1.807) is 0 Å². The van der Waals surface area contributed by atoms with E-state index >= 15 is 0 Å². The number of nitrogens with one attached hydrogen (secondary N) is 1. The average molecular weight is 258 g/mol. The highest BCUT2D eigenvalue weighted by Crippen LogP contribution is 2.35. The van der Waals surface area contributed by atoms with Crippen molar-refractivity contribution in [3.05, 3.63) is 35.9 Å². The van der Waals surface area contributed by atoms with Crippen LogP contribution in [0.3, 0.4) is 0 Å². The van der Waals surface area contributed by atoms with E-state index in [1.807, 2.05) is 0 Å². The number of rotatable bonds is 4. The van der Waals surface area contributed by atoms with Gasteiger partial charge in [0.05, 0.1) is 0 Å². The Labute approximate surface area is 117 Å². The number of benzene rings is 1. The maximum atomic E-state index is 3.57. The molecule has 0 bridgehead atoms.